The SMILES string of the molecule is CCC(I)C(=O)OC(C)(CC)C1CCCCC1. The van der Waals surface area contributed by atoms with Crippen LogP contribution < -0.4 is 0 Å². The van der Waals surface area contributed by atoms with Crippen molar-refractivity contribution in [1.82, 2.24) is 0 Å². The molecule has 0 heterocycles. The normalized spacial score (nSPS) is 22.8. The van der Waals surface area contributed by atoms with E-state index in [-0.39, 0.29) is 15.5 Å². The largest absolute Gasteiger partial charge is 0.458 e. The molecule has 0 N–H and O–H groups in total. The highest BCUT2D eigenvalue weighted by molar-refractivity contribution is 14.1. The number of rotatable bonds is 5. The van der Waals surface area contributed by atoms with Crippen molar-refractivity contribution in [1.29, 1.82) is 0 Å². The maximum atomic E-state index is 12.0. The lowest BCUT2D eigenvalue weighted by molar-refractivity contribution is -0.165. The Labute approximate surface area is 119 Å². The first-order chi connectivity index (χ1) is 8.03. The molecule has 0 aliphatic heterocycles. The van der Waals surface area contributed by atoms with Gasteiger partial charge in [-0.1, -0.05) is 55.7 Å². The van der Waals surface area contributed by atoms with E-state index in [1.165, 1.54) is 32.1 Å². The molecule has 0 saturated heterocycles. The molecular weight excluding hydrogens is 327 g/mol. The summed E-state index contributed by atoms with van der Waals surface area (Å²) in [4.78, 5) is 12.0. The molecule has 100 valence electrons. The Morgan fingerprint density at radius 2 is 1.94 bits per heavy atom. The first kappa shape index (κ1) is 15.3. The quantitative estimate of drug-likeness (QED) is 0.414. The monoisotopic (exact) mass is 352 g/mol. The molecule has 1 aliphatic carbocycles. The van der Waals surface area contributed by atoms with E-state index in [9.17, 15) is 4.79 Å². The van der Waals surface area contributed by atoms with Crippen LogP contribution in [0.3, 0.4) is 0 Å². The average Bonchev–Trinajstić information content (AvgIpc) is 2.38. The van der Waals surface area contributed by atoms with Gasteiger partial charge < -0.3 is 4.74 Å². The fourth-order valence-electron chi connectivity index (χ4n) is 2.62. The summed E-state index contributed by atoms with van der Waals surface area (Å²) >= 11 is 2.18. The number of carbonyl (C=O) groups is 1. The zero-order valence-electron chi connectivity index (χ0n) is 11.3. The van der Waals surface area contributed by atoms with E-state index in [2.05, 4.69) is 36.4 Å². The van der Waals surface area contributed by atoms with Crippen LogP contribution in [0, 0.1) is 5.92 Å². The molecule has 2 unspecified atom stereocenters. The molecule has 3 heteroatoms. The second kappa shape index (κ2) is 6.95. The third-order valence-electron chi connectivity index (χ3n) is 4.12. The van der Waals surface area contributed by atoms with Crippen molar-refractivity contribution in [2.45, 2.75) is 75.2 Å². The van der Waals surface area contributed by atoms with Crippen molar-refractivity contribution in [3.05, 3.63) is 0 Å². The minimum atomic E-state index is -0.240. The Hall–Kier alpha value is 0.200. The van der Waals surface area contributed by atoms with Crippen LogP contribution in [0.2, 0.25) is 0 Å². The van der Waals surface area contributed by atoms with E-state index in [1.807, 2.05) is 6.92 Å². The molecule has 0 aromatic heterocycles. The van der Waals surface area contributed by atoms with Gasteiger partial charge >= 0.3 is 5.97 Å². The summed E-state index contributed by atoms with van der Waals surface area (Å²) in [6, 6.07) is 0. The third kappa shape index (κ3) is 4.11. The van der Waals surface area contributed by atoms with Crippen molar-refractivity contribution in [3.63, 3.8) is 0 Å². The average molecular weight is 352 g/mol. The molecule has 0 spiro atoms. The van der Waals surface area contributed by atoms with Crippen molar-refractivity contribution in [2.75, 3.05) is 0 Å². The molecule has 0 bridgehead atoms. The lowest BCUT2D eigenvalue weighted by Crippen LogP contribution is -2.41. The first-order valence-corrected chi connectivity index (χ1v) is 8.15. The van der Waals surface area contributed by atoms with Gasteiger partial charge in [-0.25, -0.2) is 0 Å². The highest BCUT2D eigenvalue weighted by Gasteiger charge is 2.37. The number of carbonyl (C=O) groups excluding carboxylic acids is 1. The van der Waals surface area contributed by atoms with Crippen molar-refractivity contribution in [3.8, 4) is 0 Å². The first-order valence-electron chi connectivity index (χ1n) is 6.90. The molecule has 1 rings (SSSR count). The summed E-state index contributed by atoms with van der Waals surface area (Å²) in [6.07, 6.45) is 8.14. The second-order valence-corrected chi connectivity index (χ2v) is 6.80. The van der Waals surface area contributed by atoms with Crippen LogP contribution in [0.1, 0.15) is 65.7 Å². The van der Waals surface area contributed by atoms with Crippen LogP contribution in [0.15, 0.2) is 0 Å². The fourth-order valence-corrected chi connectivity index (χ4v) is 2.74. The van der Waals surface area contributed by atoms with Crippen LogP contribution in [-0.2, 0) is 9.53 Å². The van der Waals surface area contributed by atoms with Gasteiger partial charge in [0.15, 0.2) is 0 Å². The van der Waals surface area contributed by atoms with Crippen molar-refractivity contribution < 1.29 is 9.53 Å². The van der Waals surface area contributed by atoms with Gasteiger partial charge in [0.25, 0.3) is 0 Å². The standard InChI is InChI=1S/C14H25IO2/c1-4-12(15)13(16)17-14(3,5-2)11-9-7-6-8-10-11/h11-12H,4-10H2,1-3H3. The molecule has 2 atom stereocenters. The van der Waals surface area contributed by atoms with Gasteiger partial charge in [0.1, 0.15) is 9.53 Å². The van der Waals surface area contributed by atoms with E-state index >= 15 is 0 Å². The van der Waals surface area contributed by atoms with Gasteiger partial charge in [0, 0.05) is 0 Å². The van der Waals surface area contributed by atoms with Crippen LogP contribution in [0.5, 0.6) is 0 Å². The summed E-state index contributed by atoms with van der Waals surface area (Å²) in [5.74, 6) is 0.536. The molecule has 1 fully saturated rings. The number of alkyl halides is 1. The lowest BCUT2D eigenvalue weighted by Gasteiger charge is -2.39. The summed E-state index contributed by atoms with van der Waals surface area (Å²) < 4.78 is 5.83. The summed E-state index contributed by atoms with van der Waals surface area (Å²) in [7, 11) is 0. The molecule has 0 radical (unpaired) electrons. The zero-order valence-corrected chi connectivity index (χ0v) is 13.5. The van der Waals surface area contributed by atoms with E-state index in [0.29, 0.717) is 5.92 Å². The van der Waals surface area contributed by atoms with Crippen LogP contribution >= 0.6 is 22.6 Å². The Kier molecular flexibility index (Phi) is 6.24. The van der Waals surface area contributed by atoms with E-state index in [1.54, 1.807) is 0 Å². The van der Waals surface area contributed by atoms with E-state index < -0.39 is 0 Å². The minimum Gasteiger partial charge on any atom is -0.458 e. The third-order valence-corrected chi connectivity index (χ3v) is 5.51. The van der Waals surface area contributed by atoms with Gasteiger partial charge in [0.2, 0.25) is 0 Å². The van der Waals surface area contributed by atoms with Gasteiger partial charge in [-0.15, -0.1) is 0 Å². The highest BCUT2D eigenvalue weighted by Crippen LogP contribution is 2.37. The van der Waals surface area contributed by atoms with Gasteiger partial charge in [-0.3, -0.25) is 4.79 Å². The number of hydrogen-bond donors (Lipinski definition) is 0. The molecule has 17 heavy (non-hydrogen) atoms. The second-order valence-electron chi connectivity index (χ2n) is 5.30. The number of ether oxygens (including phenoxy) is 1. The van der Waals surface area contributed by atoms with Gasteiger partial charge in [0.05, 0.1) is 0 Å². The number of esters is 1. The molecule has 0 aromatic rings. The van der Waals surface area contributed by atoms with E-state index in [0.717, 1.165) is 12.8 Å². The van der Waals surface area contributed by atoms with Gasteiger partial charge in [-0.05, 0) is 38.5 Å². The molecule has 0 aromatic carbocycles. The lowest BCUT2D eigenvalue weighted by atomic mass is 9.76. The summed E-state index contributed by atoms with van der Waals surface area (Å²) in [5, 5.41) is 0. The summed E-state index contributed by atoms with van der Waals surface area (Å²) in [5.41, 5.74) is -0.240. The van der Waals surface area contributed by atoms with Crippen molar-refractivity contribution in [2.24, 2.45) is 5.92 Å². The number of hydrogen-bond acceptors (Lipinski definition) is 2. The van der Waals surface area contributed by atoms with Crippen molar-refractivity contribution >= 4 is 28.6 Å². The Morgan fingerprint density at radius 3 is 2.41 bits per heavy atom. The summed E-state index contributed by atoms with van der Waals surface area (Å²) in [6.45, 7) is 6.29. The predicted molar refractivity (Wildman–Crippen MR) is 79.5 cm³/mol. The molecule has 1 saturated carbocycles. The predicted octanol–water partition coefficient (Wildman–Crippen LogP) is 4.49. The minimum absolute atomic E-state index is 0.00191. The van der Waals surface area contributed by atoms with E-state index in [4.69, 9.17) is 4.74 Å². The molecule has 0 amide bonds. The van der Waals surface area contributed by atoms with Gasteiger partial charge in [-0.2, -0.15) is 0 Å². The van der Waals surface area contributed by atoms with Crippen LogP contribution in [0.25, 0.3) is 0 Å². The molecular formula is C14H25IO2. The van der Waals surface area contributed by atoms with Crippen LogP contribution in [0.4, 0.5) is 0 Å². The smallest absolute Gasteiger partial charge is 0.319 e. The molecule has 2 nitrogen and oxygen atoms in total. The Morgan fingerprint density at radius 1 is 1.35 bits per heavy atom. The van der Waals surface area contributed by atoms with Crippen LogP contribution in [-0.4, -0.2) is 15.5 Å². The maximum absolute atomic E-state index is 12.0. The fraction of sp³-hybridized carbons (Fsp3) is 0.929. The zero-order chi connectivity index (χ0) is 12.9. The molecule has 1 aliphatic rings. The Balaban J connectivity index is 2.63. The maximum Gasteiger partial charge on any atom is 0.319 e. The Bertz CT molecular complexity index is 249. The topological polar surface area (TPSA) is 26.3 Å². The number of halogens is 1. The highest BCUT2D eigenvalue weighted by atomic mass is 127.